The van der Waals surface area contributed by atoms with Crippen molar-refractivity contribution in [1.82, 2.24) is 34.3 Å². The van der Waals surface area contributed by atoms with Gasteiger partial charge in [0.2, 0.25) is 5.28 Å². The van der Waals surface area contributed by atoms with Crippen LogP contribution in [-0.2, 0) is 6.54 Å². The van der Waals surface area contributed by atoms with Crippen LogP contribution in [0.4, 0.5) is 11.6 Å². The molecule has 10 heteroatoms. The number of hydrogen-bond donors (Lipinski definition) is 1. The first-order valence-electron chi connectivity index (χ1n) is 10.9. The van der Waals surface area contributed by atoms with E-state index >= 15 is 0 Å². The van der Waals surface area contributed by atoms with Gasteiger partial charge < -0.3 is 15.1 Å². The summed E-state index contributed by atoms with van der Waals surface area (Å²) in [7, 11) is 2.15. The Morgan fingerprint density at radius 3 is 2.70 bits per heavy atom. The average molecular weight is 464 g/mol. The van der Waals surface area contributed by atoms with Crippen LogP contribution in [0, 0.1) is 0 Å². The predicted octanol–water partition coefficient (Wildman–Crippen LogP) is 3.36. The summed E-state index contributed by atoms with van der Waals surface area (Å²) in [5.41, 5.74) is 4.33. The maximum Gasteiger partial charge on any atom is 0.243 e. The van der Waals surface area contributed by atoms with Crippen LogP contribution in [0.15, 0.2) is 49.3 Å². The smallest absolute Gasteiger partial charge is 0.243 e. The van der Waals surface area contributed by atoms with Crippen LogP contribution < -0.4 is 10.2 Å². The minimum absolute atomic E-state index is 0.141. The molecule has 5 rings (SSSR count). The van der Waals surface area contributed by atoms with Crippen LogP contribution in [0.3, 0.4) is 0 Å². The van der Waals surface area contributed by atoms with Gasteiger partial charge in [-0.25, -0.2) is 14.2 Å². The molecule has 0 atom stereocenters. The van der Waals surface area contributed by atoms with E-state index in [-0.39, 0.29) is 5.28 Å². The molecule has 170 valence electrons. The number of rotatable bonds is 6. The zero-order valence-electron chi connectivity index (χ0n) is 18.7. The van der Waals surface area contributed by atoms with Gasteiger partial charge in [-0.2, -0.15) is 10.1 Å². The van der Waals surface area contributed by atoms with Gasteiger partial charge in [0.1, 0.15) is 0 Å². The fraction of sp³-hybridized carbons (Fsp3) is 0.304. The summed E-state index contributed by atoms with van der Waals surface area (Å²) in [6.45, 7) is 10.5. The molecule has 0 amide bonds. The number of aromatic nitrogens is 6. The second kappa shape index (κ2) is 8.84. The SMILES string of the molecule is C=C(C)c1cnc2c(NCc3ccccc3-n3ccc(N4CCN(C)CC4)n3)nc(Cl)nn12. The average Bonchev–Trinajstić information content (AvgIpc) is 3.46. The minimum Gasteiger partial charge on any atom is -0.363 e. The fourth-order valence-electron chi connectivity index (χ4n) is 3.98. The highest BCUT2D eigenvalue weighted by molar-refractivity contribution is 6.28. The maximum atomic E-state index is 6.19. The van der Waals surface area contributed by atoms with Gasteiger partial charge in [-0.05, 0) is 42.8 Å². The maximum absolute atomic E-state index is 6.19. The number of fused-ring (bicyclic) bond motifs is 1. The van der Waals surface area contributed by atoms with Gasteiger partial charge in [0.25, 0.3) is 0 Å². The molecule has 9 nitrogen and oxygen atoms in total. The molecule has 0 aliphatic carbocycles. The zero-order valence-corrected chi connectivity index (χ0v) is 19.5. The van der Waals surface area contributed by atoms with Crippen molar-refractivity contribution in [3.63, 3.8) is 0 Å². The largest absolute Gasteiger partial charge is 0.363 e. The molecule has 4 heterocycles. The fourth-order valence-corrected chi connectivity index (χ4v) is 4.14. The molecule has 0 unspecified atom stereocenters. The molecule has 0 bridgehead atoms. The van der Waals surface area contributed by atoms with E-state index < -0.39 is 0 Å². The number of para-hydroxylation sites is 1. The Balaban J connectivity index is 1.39. The van der Waals surface area contributed by atoms with E-state index in [0.29, 0.717) is 18.0 Å². The minimum atomic E-state index is 0.141. The number of allylic oxidation sites excluding steroid dienone is 1. The summed E-state index contributed by atoms with van der Waals surface area (Å²) in [6.07, 6.45) is 3.74. The van der Waals surface area contributed by atoms with Crippen molar-refractivity contribution in [2.24, 2.45) is 0 Å². The third-order valence-corrected chi connectivity index (χ3v) is 6.02. The molecule has 1 saturated heterocycles. The van der Waals surface area contributed by atoms with Crippen LogP contribution in [0.2, 0.25) is 5.28 Å². The van der Waals surface area contributed by atoms with Crippen molar-refractivity contribution < 1.29 is 0 Å². The molecule has 1 aliphatic heterocycles. The van der Waals surface area contributed by atoms with Gasteiger partial charge in [0.15, 0.2) is 17.3 Å². The molecule has 0 spiro atoms. The van der Waals surface area contributed by atoms with Crippen molar-refractivity contribution in [2.75, 3.05) is 43.4 Å². The Kier molecular flexibility index (Phi) is 5.74. The van der Waals surface area contributed by atoms with Crippen LogP contribution in [0.5, 0.6) is 0 Å². The van der Waals surface area contributed by atoms with Crippen LogP contribution in [0.1, 0.15) is 18.2 Å². The summed E-state index contributed by atoms with van der Waals surface area (Å²) in [5.74, 6) is 1.57. The number of hydrogen-bond acceptors (Lipinski definition) is 7. The summed E-state index contributed by atoms with van der Waals surface area (Å²) < 4.78 is 3.60. The summed E-state index contributed by atoms with van der Waals surface area (Å²) in [4.78, 5) is 13.5. The highest BCUT2D eigenvalue weighted by atomic mass is 35.5. The van der Waals surface area contributed by atoms with Crippen molar-refractivity contribution in [3.05, 3.63) is 65.8 Å². The zero-order chi connectivity index (χ0) is 22.9. The summed E-state index contributed by atoms with van der Waals surface area (Å²) in [6, 6.07) is 10.2. The lowest BCUT2D eigenvalue weighted by atomic mass is 10.2. The molecule has 0 radical (unpaired) electrons. The predicted molar refractivity (Wildman–Crippen MR) is 131 cm³/mol. The second-order valence-electron chi connectivity index (χ2n) is 8.28. The second-order valence-corrected chi connectivity index (χ2v) is 8.62. The molecule has 1 fully saturated rings. The van der Waals surface area contributed by atoms with Crippen molar-refractivity contribution in [2.45, 2.75) is 13.5 Å². The van der Waals surface area contributed by atoms with Crippen LogP contribution >= 0.6 is 11.6 Å². The van der Waals surface area contributed by atoms with E-state index in [4.69, 9.17) is 16.7 Å². The van der Waals surface area contributed by atoms with Crippen LogP contribution in [-0.4, -0.2) is 67.5 Å². The molecular weight excluding hydrogens is 438 g/mol. The number of halogens is 1. The van der Waals surface area contributed by atoms with Gasteiger partial charge >= 0.3 is 0 Å². The Hall–Kier alpha value is -3.43. The highest BCUT2D eigenvalue weighted by Crippen LogP contribution is 2.23. The normalized spacial score (nSPS) is 14.7. The van der Waals surface area contributed by atoms with Gasteiger partial charge in [-0.1, -0.05) is 24.8 Å². The Labute approximate surface area is 197 Å². The quantitative estimate of drug-likeness (QED) is 0.469. The van der Waals surface area contributed by atoms with E-state index in [1.165, 1.54) is 0 Å². The molecule has 4 aromatic rings. The Morgan fingerprint density at radius 1 is 1.12 bits per heavy atom. The van der Waals surface area contributed by atoms with E-state index in [2.05, 4.69) is 62.0 Å². The first kappa shape index (κ1) is 21.4. The number of nitrogens with zero attached hydrogens (tertiary/aromatic N) is 8. The van der Waals surface area contributed by atoms with Crippen LogP contribution in [0.25, 0.3) is 16.9 Å². The number of likely N-dealkylation sites (N-methyl/N-ethyl adjacent to an activating group) is 1. The van der Waals surface area contributed by atoms with Gasteiger partial charge in [-0.3, -0.25) is 0 Å². The molecule has 1 N–H and O–H groups in total. The Bertz CT molecular complexity index is 1300. The molecule has 33 heavy (non-hydrogen) atoms. The lowest BCUT2D eigenvalue weighted by Gasteiger charge is -2.32. The third kappa shape index (κ3) is 4.29. The van der Waals surface area contributed by atoms with Crippen molar-refractivity contribution in [1.29, 1.82) is 0 Å². The van der Waals surface area contributed by atoms with Crippen molar-refractivity contribution in [3.8, 4) is 5.69 Å². The lowest BCUT2D eigenvalue weighted by molar-refractivity contribution is 0.312. The van der Waals surface area contributed by atoms with Gasteiger partial charge in [0, 0.05) is 45.0 Å². The van der Waals surface area contributed by atoms with Gasteiger partial charge in [0.05, 0.1) is 17.6 Å². The van der Waals surface area contributed by atoms with Crippen molar-refractivity contribution >= 4 is 34.5 Å². The molecule has 1 aromatic carbocycles. The standard InChI is InChI=1S/C23H26ClN9/c1-16(2)19-15-26-22-21(27-23(24)29-33(19)22)25-14-17-6-4-5-7-18(17)32-9-8-20(28-32)31-12-10-30(3)11-13-31/h4-9,15H,1,10-14H2,2-3H3,(H,25,27,29). The van der Waals surface area contributed by atoms with E-state index in [9.17, 15) is 0 Å². The van der Waals surface area contributed by atoms with E-state index in [0.717, 1.165) is 54.5 Å². The molecule has 0 saturated carbocycles. The topological polar surface area (TPSA) is 79.4 Å². The number of benzene rings is 1. The number of imidazole rings is 1. The first-order chi connectivity index (χ1) is 16.0. The molecule has 1 aliphatic rings. The van der Waals surface area contributed by atoms with E-state index in [1.807, 2.05) is 29.9 Å². The summed E-state index contributed by atoms with van der Waals surface area (Å²) in [5, 5.41) is 12.6. The third-order valence-electron chi connectivity index (χ3n) is 5.86. The number of nitrogens with one attached hydrogen (secondary N) is 1. The number of piperazine rings is 1. The lowest BCUT2D eigenvalue weighted by Crippen LogP contribution is -2.44. The monoisotopic (exact) mass is 463 g/mol. The highest BCUT2D eigenvalue weighted by Gasteiger charge is 2.17. The molecule has 3 aromatic heterocycles. The molecular formula is C23H26ClN9. The number of anilines is 2. The summed E-state index contributed by atoms with van der Waals surface area (Å²) >= 11 is 6.19. The van der Waals surface area contributed by atoms with Gasteiger partial charge in [-0.15, -0.1) is 5.10 Å². The van der Waals surface area contributed by atoms with E-state index in [1.54, 1.807) is 10.7 Å². The Morgan fingerprint density at radius 2 is 1.91 bits per heavy atom. The first-order valence-corrected chi connectivity index (χ1v) is 11.3.